The zero-order valence-corrected chi connectivity index (χ0v) is 12.3. The van der Waals surface area contributed by atoms with E-state index in [4.69, 9.17) is 4.74 Å². The maximum absolute atomic E-state index is 11.7. The molecule has 18 heavy (non-hydrogen) atoms. The molecule has 4 nitrogen and oxygen atoms in total. The first-order valence-corrected chi connectivity index (χ1v) is 7.03. The van der Waals surface area contributed by atoms with Gasteiger partial charge >= 0.3 is 5.97 Å². The third-order valence-electron chi connectivity index (χ3n) is 3.70. The van der Waals surface area contributed by atoms with Crippen molar-refractivity contribution in [3.63, 3.8) is 0 Å². The molecule has 0 spiro atoms. The fourth-order valence-corrected chi connectivity index (χ4v) is 2.60. The van der Waals surface area contributed by atoms with Gasteiger partial charge in [-0.3, -0.25) is 4.79 Å². The van der Waals surface area contributed by atoms with Crippen LogP contribution in [0.2, 0.25) is 0 Å². The second kappa shape index (κ2) is 7.10. The lowest BCUT2D eigenvalue weighted by Crippen LogP contribution is -2.47. The van der Waals surface area contributed by atoms with Crippen LogP contribution < -0.4 is 5.32 Å². The summed E-state index contributed by atoms with van der Waals surface area (Å²) < 4.78 is 4.87. The Bertz CT molecular complexity index is 261. The third-order valence-corrected chi connectivity index (χ3v) is 3.70. The SMILES string of the molecule is CCN(CC1CCCCN1)CC(C)(C)C(=O)OC. The maximum Gasteiger partial charge on any atom is 0.312 e. The van der Waals surface area contributed by atoms with Gasteiger partial charge < -0.3 is 15.0 Å². The topological polar surface area (TPSA) is 41.6 Å². The van der Waals surface area contributed by atoms with Crippen molar-refractivity contribution in [2.24, 2.45) is 5.41 Å². The molecule has 0 aliphatic carbocycles. The number of carbonyl (C=O) groups is 1. The van der Waals surface area contributed by atoms with Crippen LogP contribution in [0.4, 0.5) is 0 Å². The second-order valence-electron chi connectivity index (χ2n) is 5.85. The van der Waals surface area contributed by atoms with E-state index in [1.165, 1.54) is 26.4 Å². The highest BCUT2D eigenvalue weighted by atomic mass is 16.5. The molecule has 1 rings (SSSR count). The van der Waals surface area contributed by atoms with E-state index in [9.17, 15) is 4.79 Å². The van der Waals surface area contributed by atoms with E-state index in [0.29, 0.717) is 6.04 Å². The van der Waals surface area contributed by atoms with E-state index in [1.54, 1.807) is 0 Å². The molecule has 0 bridgehead atoms. The third kappa shape index (κ3) is 4.58. The Hall–Kier alpha value is -0.610. The number of carbonyl (C=O) groups excluding carboxylic acids is 1. The van der Waals surface area contributed by atoms with Crippen LogP contribution in [0.25, 0.3) is 0 Å². The summed E-state index contributed by atoms with van der Waals surface area (Å²) in [6, 6.07) is 0.576. The number of nitrogens with one attached hydrogen (secondary N) is 1. The summed E-state index contributed by atoms with van der Waals surface area (Å²) in [6.45, 7) is 9.94. The van der Waals surface area contributed by atoms with Gasteiger partial charge in [0, 0.05) is 19.1 Å². The Labute approximate surface area is 111 Å². The Kier molecular flexibility index (Phi) is 6.09. The molecule has 1 saturated heterocycles. The summed E-state index contributed by atoms with van der Waals surface area (Å²) in [7, 11) is 1.46. The van der Waals surface area contributed by atoms with Gasteiger partial charge in [-0.15, -0.1) is 0 Å². The Morgan fingerprint density at radius 1 is 1.44 bits per heavy atom. The van der Waals surface area contributed by atoms with Crippen molar-refractivity contribution in [1.29, 1.82) is 0 Å². The fraction of sp³-hybridized carbons (Fsp3) is 0.929. The van der Waals surface area contributed by atoms with Gasteiger partial charge in [0.05, 0.1) is 12.5 Å². The van der Waals surface area contributed by atoms with Crippen molar-refractivity contribution >= 4 is 5.97 Å². The first-order chi connectivity index (χ1) is 8.49. The number of nitrogens with zero attached hydrogens (tertiary/aromatic N) is 1. The van der Waals surface area contributed by atoms with Gasteiger partial charge in [-0.1, -0.05) is 13.3 Å². The number of piperidine rings is 1. The molecule has 1 unspecified atom stereocenters. The lowest BCUT2D eigenvalue weighted by atomic mass is 9.92. The molecule has 1 atom stereocenters. The maximum atomic E-state index is 11.7. The predicted molar refractivity (Wildman–Crippen MR) is 73.6 cm³/mol. The molecular formula is C14H28N2O2. The average Bonchev–Trinajstić information content (AvgIpc) is 2.37. The minimum absolute atomic E-state index is 0.127. The molecule has 0 amide bonds. The van der Waals surface area contributed by atoms with E-state index in [-0.39, 0.29) is 5.97 Å². The van der Waals surface area contributed by atoms with E-state index in [2.05, 4.69) is 17.1 Å². The van der Waals surface area contributed by atoms with E-state index in [1.807, 2.05) is 13.8 Å². The second-order valence-corrected chi connectivity index (χ2v) is 5.85. The van der Waals surface area contributed by atoms with Gasteiger partial charge in [-0.05, 0) is 39.8 Å². The summed E-state index contributed by atoms with van der Waals surface area (Å²) in [6.07, 6.45) is 3.85. The highest BCUT2D eigenvalue weighted by molar-refractivity contribution is 5.76. The molecule has 0 aromatic rings. The molecule has 106 valence electrons. The van der Waals surface area contributed by atoms with Crippen molar-refractivity contribution in [3.8, 4) is 0 Å². The molecule has 4 heteroatoms. The largest absolute Gasteiger partial charge is 0.469 e. The number of esters is 1. The molecule has 0 radical (unpaired) electrons. The van der Waals surface area contributed by atoms with Gasteiger partial charge in [0.25, 0.3) is 0 Å². The average molecular weight is 256 g/mol. The zero-order valence-electron chi connectivity index (χ0n) is 12.3. The molecule has 0 aromatic heterocycles. The van der Waals surface area contributed by atoms with Crippen LogP contribution in [0.15, 0.2) is 0 Å². The minimum atomic E-state index is -0.431. The van der Waals surface area contributed by atoms with Crippen LogP contribution in [0.3, 0.4) is 0 Å². The number of methoxy groups -OCH3 is 1. The van der Waals surface area contributed by atoms with Crippen molar-refractivity contribution in [3.05, 3.63) is 0 Å². The molecule has 1 aliphatic rings. The van der Waals surface area contributed by atoms with E-state index < -0.39 is 5.41 Å². The standard InChI is InChI=1S/C14H28N2O2/c1-5-16(10-12-8-6-7-9-15-12)11-14(2,3)13(17)18-4/h12,15H,5-11H2,1-4H3. The van der Waals surface area contributed by atoms with Crippen LogP contribution in [-0.2, 0) is 9.53 Å². The van der Waals surface area contributed by atoms with Gasteiger partial charge in [-0.25, -0.2) is 0 Å². The first-order valence-electron chi connectivity index (χ1n) is 7.03. The monoisotopic (exact) mass is 256 g/mol. The molecule has 0 aromatic carbocycles. The number of ether oxygens (including phenoxy) is 1. The van der Waals surface area contributed by atoms with Crippen molar-refractivity contribution in [2.45, 2.75) is 46.1 Å². The van der Waals surface area contributed by atoms with Crippen LogP contribution in [-0.4, -0.2) is 50.2 Å². The Balaban J connectivity index is 2.47. The van der Waals surface area contributed by atoms with Gasteiger partial charge in [0.2, 0.25) is 0 Å². The molecule has 1 N–H and O–H groups in total. The highest BCUT2D eigenvalue weighted by Gasteiger charge is 2.31. The van der Waals surface area contributed by atoms with Crippen LogP contribution in [0.1, 0.15) is 40.0 Å². The summed E-state index contributed by atoms with van der Waals surface area (Å²) >= 11 is 0. The molecular weight excluding hydrogens is 228 g/mol. The fourth-order valence-electron chi connectivity index (χ4n) is 2.60. The van der Waals surface area contributed by atoms with Crippen LogP contribution >= 0.6 is 0 Å². The lowest BCUT2D eigenvalue weighted by Gasteiger charge is -2.34. The number of likely N-dealkylation sites (N-methyl/N-ethyl adjacent to an activating group) is 1. The van der Waals surface area contributed by atoms with Crippen molar-refractivity contribution in [2.75, 3.05) is 33.3 Å². The van der Waals surface area contributed by atoms with E-state index in [0.717, 1.165) is 26.2 Å². The summed E-state index contributed by atoms with van der Waals surface area (Å²) in [5, 5.41) is 3.56. The summed E-state index contributed by atoms with van der Waals surface area (Å²) in [4.78, 5) is 14.1. The number of hydrogen-bond donors (Lipinski definition) is 1. The van der Waals surface area contributed by atoms with Crippen molar-refractivity contribution in [1.82, 2.24) is 10.2 Å². The Morgan fingerprint density at radius 3 is 2.67 bits per heavy atom. The highest BCUT2D eigenvalue weighted by Crippen LogP contribution is 2.19. The minimum Gasteiger partial charge on any atom is -0.469 e. The van der Waals surface area contributed by atoms with Gasteiger partial charge in [-0.2, -0.15) is 0 Å². The first kappa shape index (κ1) is 15.4. The summed E-state index contributed by atoms with van der Waals surface area (Å²) in [5.41, 5.74) is -0.431. The smallest absolute Gasteiger partial charge is 0.312 e. The molecule has 1 heterocycles. The normalized spacial score (nSPS) is 21.1. The quantitative estimate of drug-likeness (QED) is 0.734. The molecule has 0 saturated carbocycles. The van der Waals surface area contributed by atoms with E-state index >= 15 is 0 Å². The summed E-state index contributed by atoms with van der Waals surface area (Å²) in [5.74, 6) is -0.127. The van der Waals surface area contributed by atoms with Gasteiger partial charge in [0.15, 0.2) is 0 Å². The number of rotatable bonds is 6. The zero-order chi connectivity index (χ0) is 13.6. The number of hydrogen-bond acceptors (Lipinski definition) is 4. The van der Waals surface area contributed by atoms with Gasteiger partial charge in [0.1, 0.15) is 0 Å². The van der Waals surface area contributed by atoms with Crippen LogP contribution in [0, 0.1) is 5.41 Å². The van der Waals surface area contributed by atoms with Crippen molar-refractivity contribution < 1.29 is 9.53 Å². The molecule has 1 fully saturated rings. The van der Waals surface area contributed by atoms with Crippen LogP contribution in [0.5, 0.6) is 0 Å². The Morgan fingerprint density at radius 2 is 2.17 bits per heavy atom. The lowest BCUT2D eigenvalue weighted by molar-refractivity contribution is -0.151. The molecule has 1 aliphatic heterocycles. The predicted octanol–water partition coefficient (Wildman–Crippen LogP) is 1.65.